The maximum atomic E-state index is 10.9. The van der Waals surface area contributed by atoms with Crippen molar-refractivity contribution in [2.75, 3.05) is 6.61 Å². The lowest BCUT2D eigenvalue weighted by molar-refractivity contribution is -0.109. The summed E-state index contributed by atoms with van der Waals surface area (Å²) in [6, 6.07) is 0. The molecule has 0 aromatic carbocycles. The molecule has 0 aliphatic heterocycles. The molecule has 0 amide bonds. The van der Waals surface area contributed by atoms with Gasteiger partial charge in [-0.25, -0.2) is 0 Å². The molecule has 1 atom stereocenters. The molecule has 0 aliphatic carbocycles. The van der Waals surface area contributed by atoms with Gasteiger partial charge in [-0.3, -0.25) is 4.79 Å². The zero-order valence-corrected chi connectivity index (χ0v) is 22.6. The third kappa shape index (κ3) is 28.0. The molecule has 3 nitrogen and oxygen atoms in total. The van der Waals surface area contributed by atoms with Crippen LogP contribution in [0.3, 0.4) is 0 Å². The third-order valence-corrected chi connectivity index (χ3v) is 6.14. The summed E-state index contributed by atoms with van der Waals surface area (Å²) in [6.45, 7) is -0.189. The number of rotatable bonds is 23. The number of aliphatic hydroxyl groups excluding tert-OH is 2. The Labute approximate surface area is 222 Å². The Balaban J connectivity index is 3.26. The van der Waals surface area contributed by atoms with Gasteiger partial charge < -0.3 is 10.2 Å². The van der Waals surface area contributed by atoms with Crippen molar-refractivity contribution in [1.82, 2.24) is 0 Å². The van der Waals surface area contributed by atoms with Crippen LogP contribution in [0.2, 0.25) is 0 Å². The highest BCUT2D eigenvalue weighted by Crippen LogP contribution is 2.13. The predicted octanol–water partition coefficient (Wildman–Crippen LogP) is 7.46. The monoisotopic (exact) mass is 494 g/mol. The first-order valence-corrected chi connectivity index (χ1v) is 14.3. The van der Waals surface area contributed by atoms with E-state index in [2.05, 4.69) is 41.8 Å². The molecule has 0 rings (SSSR count). The number of ketones is 1. The molecule has 0 heterocycles. The van der Waals surface area contributed by atoms with Crippen LogP contribution < -0.4 is 0 Å². The number of carbonyl (C=O) groups excluding carboxylic acids is 1. The van der Waals surface area contributed by atoms with Crippen LogP contribution in [0.1, 0.15) is 128 Å². The molecule has 0 saturated heterocycles. The van der Waals surface area contributed by atoms with E-state index in [-0.39, 0.29) is 12.4 Å². The van der Waals surface area contributed by atoms with Crippen molar-refractivity contribution in [3.8, 4) is 36.0 Å². The van der Waals surface area contributed by atoms with Crippen LogP contribution in [0.15, 0.2) is 24.3 Å². The molecule has 36 heavy (non-hydrogen) atoms. The number of aliphatic hydroxyl groups is 2. The minimum absolute atomic E-state index is 0.189. The maximum absolute atomic E-state index is 10.9. The highest BCUT2D eigenvalue weighted by molar-refractivity contribution is 6.03. The normalized spacial score (nSPS) is 11.6. The molecule has 0 aromatic rings. The highest BCUT2D eigenvalue weighted by atomic mass is 16.3. The zero-order chi connectivity index (χ0) is 26.4. The summed E-state index contributed by atoms with van der Waals surface area (Å²) in [5.41, 5.74) is 0. The van der Waals surface area contributed by atoms with Crippen LogP contribution in [0, 0.1) is 36.0 Å². The number of terminal acetylenes is 1. The van der Waals surface area contributed by atoms with Gasteiger partial charge in [0.05, 0.1) is 0 Å². The Kier molecular flexibility index (Phi) is 27.2. The van der Waals surface area contributed by atoms with Gasteiger partial charge in [-0.05, 0) is 75.2 Å². The average molecular weight is 495 g/mol. The highest BCUT2D eigenvalue weighted by Gasteiger charge is 1.99. The Morgan fingerprint density at radius 2 is 1.11 bits per heavy atom. The van der Waals surface area contributed by atoms with E-state index in [4.69, 9.17) is 11.5 Å². The van der Waals surface area contributed by atoms with Gasteiger partial charge in [0.1, 0.15) is 12.7 Å². The van der Waals surface area contributed by atoms with Crippen LogP contribution in [0.25, 0.3) is 0 Å². The molecule has 0 fully saturated rings. The van der Waals surface area contributed by atoms with E-state index < -0.39 is 6.10 Å². The number of allylic oxidation sites excluding steroid dienone is 4. The third-order valence-electron chi connectivity index (χ3n) is 6.14. The predicted molar refractivity (Wildman–Crippen MR) is 153 cm³/mol. The Morgan fingerprint density at radius 1 is 0.667 bits per heavy atom. The summed E-state index contributed by atoms with van der Waals surface area (Å²) in [6.07, 6.45) is 36.9. The lowest BCUT2D eigenvalue weighted by atomic mass is 10.0. The largest absolute Gasteiger partial charge is 0.384 e. The standard InChI is InChI=1S/C33H50O3/c1-2-32(35)28-24-21-19-17-15-13-11-9-7-5-3-4-6-8-10-12-14-16-18-20-22-25-29-33(36)30-26-23-27-31-34/h1,3-4,24,28,33-34,36H,5-22,25,29,31H2/b4-3-,28-24+. The zero-order valence-electron chi connectivity index (χ0n) is 22.6. The van der Waals surface area contributed by atoms with Crippen LogP contribution in [-0.4, -0.2) is 28.7 Å². The van der Waals surface area contributed by atoms with Crippen LogP contribution in [0.5, 0.6) is 0 Å². The van der Waals surface area contributed by atoms with Crippen molar-refractivity contribution in [2.24, 2.45) is 0 Å². The molecule has 0 bridgehead atoms. The second-order valence-corrected chi connectivity index (χ2v) is 9.44. The van der Waals surface area contributed by atoms with E-state index in [1.54, 1.807) is 0 Å². The summed E-state index contributed by atoms with van der Waals surface area (Å²) >= 11 is 0. The summed E-state index contributed by atoms with van der Waals surface area (Å²) < 4.78 is 0. The van der Waals surface area contributed by atoms with E-state index >= 15 is 0 Å². The van der Waals surface area contributed by atoms with Gasteiger partial charge in [0.25, 0.3) is 0 Å². The Bertz CT molecular complexity index is 733. The molecule has 0 spiro atoms. The van der Waals surface area contributed by atoms with Gasteiger partial charge in [0, 0.05) is 0 Å². The molecule has 200 valence electrons. The minimum atomic E-state index is -0.595. The average Bonchev–Trinajstić information content (AvgIpc) is 2.88. The quantitative estimate of drug-likeness (QED) is 0.0509. The molecule has 1 unspecified atom stereocenters. The Morgan fingerprint density at radius 3 is 1.58 bits per heavy atom. The SMILES string of the molecule is C#CC(=O)/C=C/CCCCCCCCC/C=C\CCCCCCCCCCCC(O)C#CC#CCO. The fraction of sp³-hybridized carbons (Fsp3) is 0.667. The van der Waals surface area contributed by atoms with Gasteiger partial charge in [0.15, 0.2) is 0 Å². The van der Waals surface area contributed by atoms with Crippen molar-refractivity contribution >= 4 is 5.78 Å². The second kappa shape index (κ2) is 29.0. The van der Waals surface area contributed by atoms with E-state index in [0.717, 1.165) is 25.7 Å². The number of unbranched alkanes of at least 4 members (excludes halogenated alkanes) is 17. The summed E-state index contributed by atoms with van der Waals surface area (Å²) in [5, 5.41) is 18.2. The molecule has 0 aromatic heterocycles. The topological polar surface area (TPSA) is 57.5 Å². The fourth-order valence-electron chi connectivity index (χ4n) is 4.00. The maximum Gasteiger partial charge on any atom is 0.228 e. The van der Waals surface area contributed by atoms with E-state index in [9.17, 15) is 9.90 Å². The first kappa shape index (κ1) is 33.8. The van der Waals surface area contributed by atoms with Crippen molar-refractivity contribution in [1.29, 1.82) is 0 Å². The van der Waals surface area contributed by atoms with Crippen molar-refractivity contribution in [3.63, 3.8) is 0 Å². The van der Waals surface area contributed by atoms with Gasteiger partial charge in [-0.2, -0.15) is 0 Å². The van der Waals surface area contributed by atoms with Crippen molar-refractivity contribution in [3.05, 3.63) is 24.3 Å². The molecule has 0 saturated carbocycles. The number of hydrogen-bond acceptors (Lipinski definition) is 3. The number of hydrogen-bond donors (Lipinski definition) is 2. The first-order chi connectivity index (χ1) is 17.7. The lowest BCUT2D eigenvalue weighted by Gasteiger charge is -2.04. The summed E-state index contributed by atoms with van der Waals surface area (Å²) in [7, 11) is 0. The van der Waals surface area contributed by atoms with Gasteiger partial charge >= 0.3 is 0 Å². The summed E-state index contributed by atoms with van der Waals surface area (Å²) in [4.78, 5) is 10.9. The van der Waals surface area contributed by atoms with Gasteiger partial charge in [0.2, 0.25) is 5.78 Å². The van der Waals surface area contributed by atoms with Crippen LogP contribution in [0.4, 0.5) is 0 Å². The molecule has 2 N–H and O–H groups in total. The molecule has 3 heteroatoms. The smallest absolute Gasteiger partial charge is 0.228 e. The molecule has 0 aliphatic rings. The van der Waals surface area contributed by atoms with Crippen molar-refractivity contribution in [2.45, 2.75) is 135 Å². The minimum Gasteiger partial charge on any atom is -0.384 e. The first-order valence-electron chi connectivity index (χ1n) is 14.3. The lowest BCUT2D eigenvalue weighted by Crippen LogP contribution is -2.01. The number of carbonyl (C=O) groups is 1. The van der Waals surface area contributed by atoms with E-state index in [1.807, 2.05) is 6.08 Å². The van der Waals surface area contributed by atoms with Crippen molar-refractivity contribution < 1.29 is 15.0 Å². The molecule has 0 radical (unpaired) electrons. The van der Waals surface area contributed by atoms with Gasteiger partial charge in [-0.15, -0.1) is 6.42 Å². The van der Waals surface area contributed by atoms with Crippen LogP contribution in [-0.2, 0) is 4.79 Å². The van der Waals surface area contributed by atoms with E-state index in [1.165, 1.54) is 102 Å². The molecular formula is C33H50O3. The summed E-state index contributed by atoms with van der Waals surface area (Å²) in [5.74, 6) is 12.1. The second-order valence-electron chi connectivity index (χ2n) is 9.44. The van der Waals surface area contributed by atoms with E-state index in [0.29, 0.717) is 6.42 Å². The fourth-order valence-corrected chi connectivity index (χ4v) is 4.00. The van der Waals surface area contributed by atoms with Gasteiger partial charge in [-0.1, -0.05) is 107 Å². The Hall–Kier alpha value is -2.25. The molecular weight excluding hydrogens is 444 g/mol. The van der Waals surface area contributed by atoms with Crippen LogP contribution >= 0.6 is 0 Å².